The van der Waals surface area contributed by atoms with Gasteiger partial charge in [0.1, 0.15) is 0 Å². The summed E-state index contributed by atoms with van der Waals surface area (Å²) in [5, 5.41) is 5.51. The monoisotopic (exact) mass is 476 g/mol. The van der Waals surface area contributed by atoms with Gasteiger partial charge in [0.25, 0.3) is 0 Å². The van der Waals surface area contributed by atoms with E-state index in [9.17, 15) is 8.42 Å². The molecule has 2 aromatic carbocycles. The second-order valence-electron chi connectivity index (χ2n) is 7.79. The zero-order chi connectivity index (χ0) is 22.0. The van der Waals surface area contributed by atoms with Crippen LogP contribution in [0.4, 0.5) is 0 Å². The molecule has 1 fully saturated rings. The molecule has 9 heteroatoms. The number of nitrogens with zero attached hydrogens (tertiary/aromatic N) is 4. The molecule has 0 radical (unpaired) electrons. The lowest BCUT2D eigenvalue weighted by molar-refractivity contribution is 0.155. The summed E-state index contributed by atoms with van der Waals surface area (Å²) in [7, 11) is -2.97. The maximum Gasteiger partial charge on any atom is 0.204 e. The molecule has 1 saturated heterocycles. The highest BCUT2D eigenvalue weighted by molar-refractivity contribution is 7.91. The molecule has 31 heavy (non-hydrogen) atoms. The molecular weight excluding hydrogens is 452 g/mol. The van der Waals surface area contributed by atoms with Crippen molar-refractivity contribution < 1.29 is 8.42 Å². The summed E-state index contributed by atoms with van der Waals surface area (Å²) >= 11 is 11.9. The Labute approximate surface area is 193 Å². The first-order valence-corrected chi connectivity index (χ1v) is 12.9. The van der Waals surface area contributed by atoms with Crippen molar-refractivity contribution in [1.82, 2.24) is 19.2 Å². The van der Waals surface area contributed by atoms with Crippen molar-refractivity contribution in [3.63, 3.8) is 0 Å². The fraction of sp³-hybridized carbons (Fsp3) is 0.364. The van der Waals surface area contributed by atoms with E-state index in [-0.39, 0.29) is 17.5 Å². The molecule has 1 aliphatic heterocycles. The van der Waals surface area contributed by atoms with Crippen LogP contribution in [0.15, 0.2) is 54.6 Å². The Morgan fingerprint density at radius 2 is 1.87 bits per heavy atom. The Hall–Kier alpha value is -2.00. The minimum absolute atomic E-state index is 0.00675. The molecule has 1 atom stereocenters. The number of hydrogen-bond donors (Lipinski definition) is 0. The molecule has 0 bridgehead atoms. The summed E-state index contributed by atoms with van der Waals surface area (Å²) in [5.41, 5.74) is 1.83. The SMILES string of the molecule is CCCN(Cn1nc(-c2ccc(Cl)cc2)n(-c2ccccc2)c1=S)[C@@H]1CCS(=O)(=O)C1. The van der Waals surface area contributed by atoms with Gasteiger partial charge in [-0.25, -0.2) is 13.1 Å². The number of benzene rings is 2. The van der Waals surface area contributed by atoms with Crippen LogP contribution < -0.4 is 0 Å². The standard InChI is InChI=1S/C22H25ClN4O2S2/c1-2-13-25(20-12-14-31(28,29)15-20)16-26-22(30)27(19-6-4-3-5-7-19)21(24-26)17-8-10-18(23)11-9-17/h3-11,20H,2,12-16H2,1H3/t20-/m1/s1. The molecule has 6 nitrogen and oxygen atoms in total. The van der Waals surface area contributed by atoms with Crippen LogP contribution in [0, 0.1) is 4.77 Å². The molecule has 1 aromatic heterocycles. The number of aromatic nitrogens is 3. The molecular formula is C22H25ClN4O2S2. The maximum absolute atomic E-state index is 12.0. The van der Waals surface area contributed by atoms with Crippen molar-refractivity contribution >= 4 is 33.7 Å². The predicted molar refractivity (Wildman–Crippen MR) is 127 cm³/mol. The van der Waals surface area contributed by atoms with Gasteiger partial charge in [0.05, 0.1) is 18.2 Å². The quantitative estimate of drug-likeness (QED) is 0.467. The lowest BCUT2D eigenvalue weighted by Crippen LogP contribution is -2.38. The normalized spacial score (nSPS) is 18.0. The Morgan fingerprint density at radius 1 is 1.16 bits per heavy atom. The highest BCUT2D eigenvalue weighted by atomic mass is 35.5. The van der Waals surface area contributed by atoms with Gasteiger partial charge in [-0.2, -0.15) is 0 Å². The van der Waals surface area contributed by atoms with Crippen LogP contribution in [-0.2, 0) is 16.5 Å². The van der Waals surface area contributed by atoms with E-state index in [1.54, 1.807) is 4.68 Å². The van der Waals surface area contributed by atoms with E-state index in [0.29, 0.717) is 22.9 Å². The highest BCUT2D eigenvalue weighted by Crippen LogP contribution is 2.25. The fourth-order valence-corrected chi connectivity index (χ4v) is 6.16. The minimum atomic E-state index is -2.97. The number of sulfone groups is 1. The van der Waals surface area contributed by atoms with E-state index in [4.69, 9.17) is 28.9 Å². The van der Waals surface area contributed by atoms with Crippen molar-refractivity contribution in [2.45, 2.75) is 32.5 Å². The zero-order valence-corrected chi connectivity index (χ0v) is 19.7. The van der Waals surface area contributed by atoms with E-state index in [1.165, 1.54) is 0 Å². The third-order valence-corrected chi connectivity index (χ3v) is 7.90. The van der Waals surface area contributed by atoms with Crippen molar-refractivity contribution in [3.8, 4) is 17.1 Å². The van der Waals surface area contributed by atoms with E-state index in [1.807, 2.05) is 59.2 Å². The summed E-state index contributed by atoms with van der Waals surface area (Å²) < 4.78 is 28.4. The second kappa shape index (κ2) is 9.24. The first kappa shape index (κ1) is 22.2. The molecule has 164 valence electrons. The molecule has 4 rings (SSSR count). The van der Waals surface area contributed by atoms with Gasteiger partial charge >= 0.3 is 0 Å². The zero-order valence-electron chi connectivity index (χ0n) is 17.3. The highest BCUT2D eigenvalue weighted by Gasteiger charge is 2.32. The summed E-state index contributed by atoms with van der Waals surface area (Å²) in [4.78, 5) is 2.19. The van der Waals surface area contributed by atoms with Gasteiger partial charge in [0.15, 0.2) is 15.7 Å². The topological polar surface area (TPSA) is 60.1 Å². The van der Waals surface area contributed by atoms with Crippen molar-refractivity contribution in [2.75, 3.05) is 18.1 Å². The summed E-state index contributed by atoms with van der Waals surface area (Å²) in [6.45, 7) is 3.33. The first-order valence-electron chi connectivity index (χ1n) is 10.3. The first-order chi connectivity index (χ1) is 14.9. The number of rotatable bonds is 7. The molecule has 0 spiro atoms. The Balaban J connectivity index is 1.76. The van der Waals surface area contributed by atoms with Gasteiger partial charge in [-0.3, -0.25) is 9.47 Å². The van der Waals surface area contributed by atoms with Crippen LogP contribution in [0.2, 0.25) is 5.02 Å². The Morgan fingerprint density at radius 3 is 2.48 bits per heavy atom. The third kappa shape index (κ3) is 4.92. The third-order valence-electron chi connectivity index (χ3n) is 5.51. The molecule has 0 unspecified atom stereocenters. The Bertz CT molecular complexity index is 1200. The molecule has 2 heterocycles. The van der Waals surface area contributed by atoms with Gasteiger partial charge in [-0.05, 0) is 68.0 Å². The predicted octanol–water partition coefficient (Wildman–Crippen LogP) is 4.58. The molecule has 0 N–H and O–H groups in total. The van der Waals surface area contributed by atoms with Crippen LogP contribution in [0.3, 0.4) is 0 Å². The van der Waals surface area contributed by atoms with Gasteiger partial charge in [0.2, 0.25) is 4.77 Å². The van der Waals surface area contributed by atoms with Gasteiger partial charge in [-0.15, -0.1) is 5.10 Å². The summed E-state index contributed by atoms with van der Waals surface area (Å²) in [6, 6.07) is 17.4. The number of hydrogen-bond acceptors (Lipinski definition) is 5. The van der Waals surface area contributed by atoms with E-state index in [2.05, 4.69) is 11.8 Å². The van der Waals surface area contributed by atoms with E-state index >= 15 is 0 Å². The van der Waals surface area contributed by atoms with Crippen LogP contribution in [0.25, 0.3) is 17.1 Å². The smallest absolute Gasteiger partial charge is 0.204 e. The molecule has 0 saturated carbocycles. The van der Waals surface area contributed by atoms with Gasteiger partial charge in [0, 0.05) is 22.3 Å². The average molecular weight is 477 g/mol. The molecule has 1 aliphatic rings. The second-order valence-corrected chi connectivity index (χ2v) is 10.8. The summed E-state index contributed by atoms with van der Waals surface area (Å²) in [6.07, 6.45) is 1.58. The van der Waals surface area contributed by atoms with Gasteiger partial charge in [-0.1, -0.05) is 36.7 Å². The van der Waals surface area contributed by atoms with Crippen LogP contribution in [0.1, 0.15) is 19.8 Å². The van der Waals surface area contributed by atoms with Gasteiger partial charge < -0.3 is 0 Å². The van der Waals surface area contributed by atoms with E-state index in [0.717, 1.165) is 30.0 Å². The summed E-state index contributed by atoms with van der Waals surface area (Å²) in [5.74, 6) is 1.17. The average Bonchev–Trinajstić information content (AvgIpc) is 3.28. The fourth-order valence-electron chi connectivity index (χ4n) is 3.99. The molecule has 0 amide bonds. The number of halogens is 1. The lowest BCUT2D eigenvalue weighted by Gasteiger charge is -2.27. The Kier molecular flexibility index (Phi) is 6.62. The van der Waals surface area contributed by atoms with Crippen molar-refractivity contribution in [1.29, 1.82) is 0 Å². The van der Waals surface area contributed by atoms with Crippen molar-refractivity contribution in [3.05, 3.63) is 64.4 Å². The number of para-hydroxylation sites is 1. The van der Waals surface area contributed by atoms with Crippen molar-refractivity contribution in [2.24, 2.45) is 0 Å². The minimum Gasteiger partial charge on any atom is -0.280 e. The molecule has 3 aromatic rings. The lowest BCUT2D eigenvalue weighted by atomic mass is 10.2. The van der Waals surface area contributed by atoms with Crippen LogP contribution >= 0.6 is 23.8 Å². The largest absolute Gasteiger partial charge is 0.280 e. The van der Waals surface area contributed by atoms with E-state index < -0.39 is 9.84 Å². The molecule has 0 aliphatic carbocycles. The maximum atomic E-state index is 12.0. The van der Waals surface area contributed by atoms with Crippen LogP contribution in [0.5, 0.6) is 0 Å². The van der Waals surface area contributed by atoms with Crippen LogP contribution in [-0.4, -0.2) is 51.8 Å².